The SMILES string of the molecule is C=C(C)CN(C)C(=O)c1cc(Br)ccc1Cl. The predicted octanol–water partition coefficient (Wildman–Crippen LogP) is 3.75. The van der Waals surface area contributed by atoms with Crippen LogP contribution in [0.15, 0.2) is 34.8 Å². The van der Waals surface area contributed by atoms with Crippen LogP contribution >= 0.6 is 27.5 Å². The third-order valence-electron chi connectivity index (χ3n) is 2.01. The maximum absolute atomic E-state index is 12.0. The molecule has 16 heavy (non-hydrogen) atoms. The summed E-state index contributed by atoms with van der Waals surface area (Å²) in [4.78, 5) is 13.6. The van der Waals surface area contributed by atoms with Crippen molar-refractivity contribution in [3.8, 4) is 0 Å². The monoisotopic (exact) mass is 301 g/mol. The minimum absolute atomic E-state index is 0.102. The van der Waals surface area contributed by atoms with Gasteiger partial charge in [0.15, 0.2) is 0 Å². The molecule has 0 fully saturated rings. The summed E-state index contributed by atoms with van der Waals surface area (Å²) in [6.45, 7) is 6.19. The highest BCUT2D eigenvalue weighted by molar-refractivity contribution is 9.10. The highest BCUT2D eigenvalue weighted by Gasteiger charge is 2.15. The van der Waals surface area contributed by atoms with Crippen LogP contribution in [0.2, 0.25) is 5.02 Å². The number of hydrogen-bond donors (Lipinski definition) is 0. The molecular weight excluding hydrogens is 289 g/mol. The Kier molecular flexibility index (Phi) is 4.56. The Morgan fingerprint density at radius 1 is 1.56 bits per heavy atom. The first-order valence-corrected chi connectivity index (χ1v) is 5.94. The van der Waals surface area contributed by atoms with Gasteiger partial charge in [-0.2, -0.15) is 0 Å². The van der Waals surface area contributed by atoms with Gasteiger partial charge in [0.05, 0.1) is 10.6 Å². The lowest BCUT2D eigenvalue weighted by molar-refractivity contribution is 0.0807. The van der Waals surface area contributed by atoms with Gasteiger partial charge in [-0.05, 0) is 25.1 Å². The van der Waals surface area contributed by atoms with Crippen molar-refractivity contribution in [2.75, 3.05) is 13.6 Å². The Morgan fingerprint density at radius 3 is 2.75 bits per heavy atom. The fourth-order valence-corrected chi connectivity index (χ4v) is 1.90. The van der Waals surface area contributed by atoms with Gasteiger partial charge in [0, 0.05) is 18.1 Å². The van der Waals surface area contributed by atoms with Crippen LogP contribution in [0.25, 0.3) is 0 Å². The lowest BCUT2D eigenvalue weighted by Gasteiger charge is -2.17. The molecule has 0 saturated heterocycles. The molecule has 1 rings (SSSR count). The normalized spacial score (nSPS) is 10.0. The number of carbonyl (C=O) groups is 1. The summed E-state index contributed by atoms with van der Waals surface area (Å²) in [7, 11) is 1.73. The minimum atomic E-state index is -0.102. The van der Waals surface area contributed by atoms with Crippen LogP contribution in [0.5, 0.6) is 0 Å². The largest absolute Gasteiger partial charge is 0.338 e. The molecule has 0 unspecified atom stereocenters. The summed E-state index contributed by atoms with van der Waals surface area (Å²) in [5, 5.41) is 0.460. The van der Waals surface area contributed by atoms with Crippen LogP contribution in [-0.2, 0) is 0 Å². The molecule has 1 aromatic rings. The molecule has 0 aliphatic carbocycles. The molecular formula is C12H13BrClNO. The Morgan fingerprint density at radius 2 is 2.19 bits per heavy atom. The van der Waals surface area contributed by atoms with Crippen LogP contribution in [0.3, 0.4) is 0 Å². The molecule has 2 nitrogen and oxygen atoms in total. The summed E-state index contributed by atoms with van der Waals surface area (Å²) in [6, 6.07) is 5.23. The molecule has 4 heteroatoms. The number of rotatable bonds is 3. The minimum Gasteiger partial charge on any atom is -0.338 e. The van der Waals surface area contributed by atoms with Gasteiger partial charge in [-0.25, -0.2) is 0 Å². The predicted molar refractivity (Wildman–Crippen MR) is 70.9 cm³/mol. The molecule has 0 saturated carbocycles. The third kappa shape index (κ3) is 3.35. The van der Waals surface area contributed by atoms with Crippen molar-refractivity contribution in [2.45, 2.75) is 6.92 Å². The molecule has 0 bridgehead atoms. The first-order chi connectivity index (χ1) is 7.41. The standard InChI is InChI=1S/C12H13BrClNO/c1-8(2)7-15(3)12(16)10-6-9(13)4-5-11(10)14/h4-6H,1,7H2,2-3H3. The molecule has 0 heterocycles. The van der Waals surface area contributed by atoms with E-state index in [9.17, 15) is 4.79 Å². The van der Waals surface area contributed by atoms with Gasteiger partial charge in [0.25, 0.3) is 5.91 Å². The average Bonchev–Trinajstić information content (AvgIpc) is 2.19. The van der Waals surface area contributed by atoms with Crippen LogP contribution in [0.1, 0.15) is 17.3 Å². The molecule has 0 aliphatic heterocycles. The number of carbonyl (C=O) groups excluding carboxylic acids is 1. The highest BCUT2D eigenvalue weighted by atomic mass is 79.9. The Hall–Kier alpha value is -0.800. The fourth-order valence-electron chi connectivity index (χ4n) is 1.34. The average molecular weight is 303 g/mol. The van der Waals surface area contributed by atoms with Crippen molar-refractivity contribution in [1.82, 2.24) is 4.90 Å². The molecule has 0 radical (unpaired) electrons. The second-order valence-corrected chi connectivity index (χ2v) is 5.07. The van der Waals surface area contributed by atoms with Crippen molar-refractivity contribution >= 4 is 33.4 Å². The number of benzene rings is 1. The fraction of sp³-hybridized carbons (Fsp3) is 0.250. The van der Waals surface area contributed by atoms with Crippen LogP contribution in [-0.4, -0.2) is 24.4 Å². The van der Waals surface area contributed by atoms with Crippen molar-refractivity contribution in [3.63, 3.8) is 0 Å². The van der Waals surface area contributed by atoms with Crippen molar-refractivity contribution in [2.24, 2.45) is 0 Å². The zero-order valence-electron chi connectivity index (χ0n) is 9.26. The van der Waals surface area contributed by atoms with E-state index in [1.807, 2.05) is 6.92 Å². The lowest BCUT2D eigenvalue weighted by atomic mass is 10.2. The Balaban J connectivity index is 2.95. The quantitative estimate of drug-likeness (QED) is 0.779. The van der Waals surface area contributed by atoms with Crippen LogP contribution in [0, 0.1) is 0 Å². The highest BCUT2D eigenvalue weighted by Crippen LogP contribution is 2.22. The molecule has 1 amide bonds. The number of hydrogen-bond acceptors (Lipinski definition) is 1. The smallest absolute Gasteiger partial charge is 0.255 e. The van der Waals surface area contributed by atoms with Gasteiger partial charge in [0.2, 0.25) is 0 Å². The molecule has 0 N–H and O–H groups in total. The van der Waals surface area contributed by atoms with E-state index in [2.05, 4.69) is 22.5 Å². The second-order valence-electron chi connectivity index (χ2n) is 3.74. The van der Waals surface area contributed by atoms with Crippen LogP contribution in [0.4, 0.5) is 0 Å². The molecule has 0 aromatic heterocycles. The van der Waals surface area contributed by atoms with E-state index in [0.29, 0.717) is 17.1 Å². The van der Waals surface area contributed by atoms with Crippen molar-refractivity contribution in [1.29, 1.82) is 0 Å². The summed E-state index contributed by atoms with van der Waals surface area (Å²) in [6.07, 6.45) is 0. The van der Waals surface area contributed by atoms with Crippen LogP contribution < -0.4 is 0 Å². The van der Waals surface area contributed by atoms with Crippen molar-refractivity contribution in [3.05, 3.63) is 45.4 Å². The topological polar surface area (TPSA) is 20.3 Å². The van der Waals surface area contributed by atoms with E-state index < -0.39 is 0 Å². The number of nitrogens with zero attached hydrogens (tertiary/aromatic N) is 1. The second kappa shape index (κ2) is 5.51. The van der Waals surface area contributed by atoms with E-state index in [1.165, 1.54) is 0 Å². The van der Waals surface area contributed by atoms with Gasteiger partial charge in [-0.3, -0.25) is 4.79 Å². The first-order valence-electron chi connectivity index (χ1n) is 4.76. The summed E-state index contributed by atoms with van der Waals surface area (Å²) < 4.78 is 0.837. The maximum atomic E-state index is 12.0. The Labute approximate surface area is 109 Å². The van der Waals surface area contributed by atoms with E-state index >= 15 is 0 Å². The van der Waals surface area contributed by atoms with E-state index in [0.717, 1.165) is 10.0 Å². The summed E-state index contributed by atoms with van der Waals surface area (Å²) >= 11 is 9.30. The van der Waals surface area contributed by atoms with Gasteiger partial charge in [-0.15, -0.1) is 0 Å². The first kappa shape index (κ1) is 13.3. The number of amides is 1. The molecule has 0 aliphatic rings. The summed E-state index contributed by atoms with van der Waals surface area (Å²) in [5.41, 5.74) is 1.43. The zero-order chi connectivity index (χ0) is 12.3. The van der Waals surface area contributed by atoms with E-state index in [-0.39, 0.29) is 5.91 Å². The molecule has 1 aromatic carbocycles. The van der Waals surface area contributed by atoms with Gasteiger partial charge < -0.3 is 4.90 Å². The van der Waals surface area contributed by atoms with Gasteiger partial charge in [0.1, 0.15) is 0 Å². The van der Waals surface area contributed by atoms with Gasteiger partial charge in [-0.1, -0.05) is 39.7 Å². The van der Waals surface area contributed by atoms with Crippen molar-refractivity contribution < 1.29 is 4.79 Å². The van der Waals surface area contributed by atoms with Gasteiger partial charge >= 0.3 is 0 Å². The zero-order valence-corrected chi connectivity index (χ0v) is 11.6. The molecule has 0 spiro atoms. The van der Waals surface area contributed by atoms with E-state index in [4.69, 9.17) is 11.6 Å². The van der Waals surface area contributed by atoms with E-state index in [1.54, 1.807) is 30.1 Å². The molecule has 0 atom stereocenters. The number of likely N-dealkylation sites (N-methyl/N-ethyl adjacent to an activating group) is 1. The summed E-state index contributed by atoms with van der Waals surface area (Å²) in [5.74, 6) is -0.102. The maximum Gasteiger partial charge on any atom is 0.255 e. The Bertz CT molecular complexity index is 431. The lowest BCUT2D eigenvalue weighted by Crippen LogP contribution is -2.28. The third-order valence-corrected chi connectivity index (χ3v) is 2.84. The number of halogens is 2. The molecule has 86 valence electrons.